The minimum Gasteiger partial charge on any atom is -0.494 e. The summed E-state index contributed by atoms with van der Waals surface area (Å²) in [4.78, 5) is 26.1. The lowest BCUT2D eigenvalue weighted by atomic mass is 9.99. The predicted octanol–water partition coefficient (Wildman–Crippen LogP) is 5.44. The van der Waals surface area contributed by atoms with Crippen molar-refractivity contribution in [1.29, 1.82) is 0 Å². The van der Waals surface area contributed by atoms with Gasteiger partial charge >= 0.3 is 0 Å². The normalized spacial score (nSPS) is 17.8. The van der Waals surface area contributed by atoms with Crippen LogP contribution in [0, 0.1) is 0 Å². The van der Waals surface area contributed by atoms with E-state index in [0.29, 0.717) is 51.7 Å². The van der Waals surface area contributed by atoms with Crippen LogP contribution in [-0.4, -0.2) is 111 Å². The van der Waals surface area contributed by atoms with Crippen molar-refractivity contribution in [2.24, 2.45) is 0 Å². The molecular weight excluding hydrogens is 665 g/mol. The molecule has 1 saturated carbocycles. The molecule has 2 N–H and O–H groups in total. The number of anilines is 6. The molecule has 0 spiro atoms. The third kappa shape index (κ3) is 7.44. The maximum Gasteiger partial charge on any atom is 0.232 e. The number of allylic oxidation sites excluding steroid dienone is 1. The molecule has 0 amide bonds. The smallest absolute Gasteiger partial charge is 0.232 e. The summed E-state index contributed by atoms with van der Waals surface area (Å²) < 4.78 is 32.7. The van der Waals surface area contributed by atoms with Crippen molar-refractivity contribution in [2.75, 3.05) is 86.6 Å². The highest BCUT2D eigenvalue weighted by molar-refractivity contribution is 7.92. The van der Waals surface area contributed by atoms with Gasteiger partial charge in [-0.3, -0.25) is 19.2 Å². The van der Waals surface area contributed by atoms with Crippen molar-refractivity contribution < 1.29 is 13.2 Å². The van der Waals surface area contributed by atoms with Gasteiger partial charge in [-0.05, 0) is 74.9 Å². The summed E-state index contributed by atoms with van der Waals surface area (Å²) >= 11 is 0. The second-order valence-corrected chi connectivity index (χ2v) is 16.1. The Balaban J connectivity index is 1.18. The van der Waals surface area contributed by atoms with E-state index in [-0.39, 0.29) is 0 Å². The first kappa shape index (κ1) is 34.9. The molecule has 4 aromatic rings. The second-order valence-electron chi connectivity index (χ2n) is 14.0. The maximum atomic E-state index is 12.7. The first-order chi connectivity index (χ1) is 24.5. The largest absolute Gasteiger partial charge is 0.494 e. The minimum absolute atomic E-state index is 0.363. The molecule has 0 unspecified atom stereocenters. The number of hydrogen-bond donors (Lipinski definition) is 2. The number of hydrogen-bond acceptors (Lipinski definition) is 12. The third-order valence-electron chi connectivity index (χ3n) is 10.4. The van der Waals surface area contributed by atoms with Crippen LogP contribution in [0.4, 0.5) is 34.5 Å². The number of benzene rings is 2. The SMILES string of the molecule is C=C(C)c1cnc(Nc2cc(C3CC3)c(N3CCC(N4CCN(C)CC4)CC3)cc2OC)nc1Nc1ccc2nccnc2c1N(C)S(C)(=O)=O. The van der Waals surface area contributed by atoms with E-state index in [9.17, 15) is 8.42 Å². The van der Waals surface area contributed by atoms with Gasteiger partial charge in [0, 0.05) is 88.3 Å². The number of aromatic nitrogens is 4. The fourth-order valence-electron chi connectivity index (χ4n) is 7.21. The average Bonchev–Trinajstić information content (AvgIpc) is 3.97. The number of piperazine rings is 1. The molecule has 0 bridgehead atoms. The van der Waals surface area contributed by atoms with E-state index in [0.717, 1.165) is 62.5 Å². The fourth-order valence-corrected chi connectivity index (χ4v) is 7.73. The quantitative estimate of drug-likeness (QED) is 0.205. The van der Waals surface area contributed by atoms with E-state index >= 15 is 0 Å². The highest BCUT2D eigenvalue weighted by Crippen LogP contribution is 2.48. The summed E-state index contributed by atoms with van der Waals surface area (Å²) in [6, 6.07) is 8.61. The maximum absolute atomic E-state index is 12.7. The number of sulfonamides is 1. The number of likely N-dealkylation sites (N-methyl/N-ethyl adjacent to an activating group) is 1. The molecule has 51 heavy (non-hydrogen) atoms. The highest BCUT2D eigenvalue weighted by atomic mass is 32.2. The number of piperidine rings is 1. The third-order valence-corrected chi connectivity index (χ3v) is 11.6. The van der Waals surface area contributed by atoms with E-state index in [4.69, 9.17) is 9.72 Å². The van der Waals surface area contributed by atoms with Gasteiger partial charge in [-0.1, -0.05) is 6.58 Å². The average molecular weight is 713 g/mol. The molecule has 3 aliphatic rings. The molecule has 2 aromatic heterocycles. The van der Waals surface area contributed by atoms with Crippen LogP contribution in [0.3, 0.4) is 0 Å². The Morgan fingerprint density at radius 3 is 2.35 bits per heavy atom. The Hall–Kier alpha value is -4.53. The summed E-state index contributed by atoms with van der Waals surface area (Å²) in [7, 11) is 1.78. The van der Waals surface area contributed by atoms with Gasteiger partial charge in [-0.15, -0.1) is 0 Å². The van der Waals surface area contributed by atoms with Crippen LogP contribution in [-0.2, 0) is 10.0 Å². The van der Waals surface area contributed by atoms with Crippen LogP contribution in [0.2, 0.25) is 0 Å². The van der Waals surface area contributed by atoms with Gasteiger partial charge in [0.15, 0.2) is 0 Å². The van der Waals surface area contributed by atoms with Gasteiger partial charge in [-0.25, -0.2) is 13.4 Å². The monoisotopic (exact) mass is 712 g/mol. The lowest BCUT2D eigenvalue weighted by Gasteiger charge is -2.43. The van der Waals surface area contributed by atoms with Gasteiger partial charge in [-0.2, -0.15) is 4.98 Å². The fraction of sp³-hybridized carbons (Fsp3) is 0.459. The van der Waals surface area contributed by atoms with Gasteiger partial charge in [0.25, 0.3) is 0 Å². The molecule has 2 aliphatic heterocycles. The molecule has 0 radical (unpaired) electrons. The number of nitrogens with zero attached hydrogens (tertiary/aromatic N) is 8. The van der Waals surface area contributed by atoms with Crippen LogP contribution < -0.4 is 24.6 Å². The van der Waals surface area contributed by atoms with Crippen LogP contribution in [0.25, 0.3) is 16.6 Å². The van der Waals surface area contributed by atoms with Crippen molar-refractivity contribution in [1.82, 2.24) is 29.7 Å². The highest BCUT2D eigenvalue weighted by Gasteiger charge is 2.32. The molecule has 13 nitrogen and oxygen atoms in total. The molecule has 14 heteroatoms. The zero-order valence-electron chi connectivity index (χ0n) is 30.2. The Bertz CT molecular complexity index is 2040. The first-order valence-electron chi connectivity index (χ1n) is 17.6. The summed E-state index contributed by atoms with van der Waals surface area (Å²) in [6.07, 6.45) is 10.7. The van der Waals surface area contributed by atoms with Gasteiger partial charge in [0.1, 0.15) is 22.8 Å². The van der Waals surface area contributed by atoms with Gasteiger partial charge < -0.3 is 25.2 Å². The standard InChI is InChI=1S/C37H48N10O3S/c1-24(2)28-23-40-37(43-36(28)41-30-10-9-29-34(39-14-13-38-29)35(30)45(4)51(6,48)49)42-31-21-27(25-7-8-25)32(22-33(31)50-5)47-15-11-26(12-16-47)46-19-17-44(3)18-20-46/h9-10,13-14,21-23,25-26H,1,7-8,11-12,15-20H2,2-6H3,(H2,40,41,42,43). The molecule has 7 rings (SSSR count). The number of methoxy groups -OCH3 is 1. The van der Waals surface area contributed by atoms with Gasteiger partial charge in [0.05, 0.1) is 30.3 Å². The van der Waals surface area contributed by atoms with Crippen molar-refractivity contribution in [3.63, 3.8) is 0 Å². The Labute approximate surface area is 300 Å². The van der Waals surface area contributed by atoms with Crippen LogP contribution >= 0.6 is 0 Å². The van der Waals surface area contributed by atoms with Crippen LogP contribution in [0.15, 0.2) is 49.4 Å². The van der Waals surface area contributed by atoms with Crippen LogP contribution in [0.1, 0.15) is 49.7 Å². The van der Waals surface area contributed by atoms with E-state index < -0.39 is 10.0 Å². The van der Waals surface area contributed by atoms with E-state index in [1.807, 2.05) is 6.92 Å². The molecule has 2 aromatic carbocycles. The molecule has 3 fully saturated rings. The van der Waals surface area contributed by atoms with Crippen molar-refractivity contribution in [2.45, 2.75) is 44.6 Å². The van der Waals surface area contributed by atoms with E-state index in [2.05, 4.69) is 66.0 Å². The van der Waals surface area contributed by atoms with E-state index in [1.54, 1.807) is 37.8 Å². The number of rotatable bonds is 11. The molecule has 270 valence electrons. The summed E-state index contributed by atoms with van der Waals surface area (Å²) in [5.74, 6) is 2.07. The zero-order valence-corrected chi connectivity index (χ0v) is 31.0. The summed E-state index contributed by atoms with van der Waals surface area (Å²) in [6.45, 7) is 12.7. The van der Waals surface area contributed by atoms with Gasteiger partial charge in [0.2, 0.25) is 16.0 Å². The topological polar surface area (TPSA) is 132 Å². The molecule has 2 saturated heterocycles. The van der Waals surface area contributed by atoms with E-state index in [1.165, 1.54) is 48.3 Å². The second kappa shape index (κ2) is 14.2. The molecule has 0 atom stereocenters. The zero-order chi connectivity index (χ0) is 35.9. The lowest BCUT2D eigenvalue weighted by molar-refractivity contribution is 0.0982. The number of ether oxygens (including phenoxy) is 1. The van der Waals surface area contributed by atoms with Crippen molar-refractivity contribution >= 4 is 61.1 Å². The van der Waals surface area contributed by atoms with Crippen molar-refractivity contribution in [3.05, 3.63) is 60.6 Å². The Morgan fingerprint density at radius 2 is 1.69 bits per heavy atom. The van der Waals surface area contributed by atoms with Crippen molar-refractivity contribution in [3.8, 4) is 5.75 Å². The summed E-state index contributed by atoms with van der Waals surface area (Å²) in [5.41, 5.74) is 6.70. The Kier molecular flexibility index (Phi) is 9.74. The van der Waals surface area contributed by atoms with Crippen LogP contribution in [0.5, 0.6) is 5.75 Å². The lowest BCUT2D eigenvalue weighted by Crippen LogP contribution is -2.52. The molecular formula is C37H48N10O3S. The number of nitrogens with one attached hydrogen (secondary N) is 2. The first-order valence-corrected chi connectivity index (χ1v) is 19.5. The number of fused-ring (bicyclic) bond motifs is 1. The minimum atomic E-state index is -3.63. The summed E-state index contributed by atoms with van der Waals surface area (Å²) in [5, 5.41) is 6.81. The molecule has 1 aliphatic carbocycles. The molecule has 4 heterocycles. The Morgan fingerprint density at radius 1 is 0.961 bits per heavy atom. The predicted molar refractivity (Wildman–Crippen MR) is 205 cm³/mol.